The molecule has 1 atom stereocenters. The van der Waals surface area contributed by atoms with E-state index in [2.05, 4.69) is 21.2 Å². The number of hydrogen-bond donors (Lipinski definition) is 1. The molecule has 0 aliphatic heterocycles. The summed E-state index contributed by atoms with van der Waals surface area (Å²) in [6.07, 6.45) is 0.996. The molecule has 35 heavy (non-hydrogen) atoms. The summed E-state index contributed by atoms with van der Waals surface area (Å²) in [5, 5.41) is 2.90. The molecule has 0 saturated heterocycles. The molecule has 186 valence electrons. The third kappa shape index (κ3) is 6.32. The number of ether oxygens (including phenoxy) is 2. The van der Waals surface area contributed by atoms with Crippen LogP contribution in [-0.4, -0.2) is 34.8 Å². The van der Waals surface area contributed by atoms with Gasteiger partial charge in [-0.2, -0.15) is 0 Å². The van der Waals surface area contributed by atoms with E-state index in [9.17, 15) is 17.6 Å². The Labute approximate surface area is 213 Å². The molecule has 0 aromatic heterocycles. The number of hydrogen-bond acceptors (Lipinski definition) is 5. The van der Waals surface area contributed by atoms with Gasteiger partial charge in [0.2, 0.25) is 10.0 Å². The van der Waals surface area contributed by atoms with Crippen molar-refractivity contribution in [1.29, 1.82) is 0 Å². The van der Waals surface area contributed by atoms with Crippen molar-refractivity contribution >= 4 is 37.5 Å². The van der Waals surface area contributed by atoms with E-state index >= 15 is 0 Å². The molecule has 0 heterocycles. The third-order valence-electron chi connectivity index (χ3n) is 5.38. The van der Waals surface area contributed by atoms with E-state index in [1.807, 2.05) is 31.2 Å². The van der Waals surface area contributed by atoms with Crippen LogP contribution in [0.3, 0.4) is 0 Å². The van der Waals surface area contributed by atoms with Crippen LogP contribution < -0.4 is 19.1 Å². The summed E-state index contributed by atoms with van der Waals surface area (Å²) >= 11 is 3.42. The first-order valence-corrected chi connectivity index (χ1v) is 13.2. The van der Waals surface area contributed by atoms with Gasteiger partial charge < -0.3 is 14.8 Å². The molecule has 0 aliphatic carbocycles. The number of methoxy groups -OCH3 is 2. The van der Waals surface area contributed by atoms with Gasteiger partial charge in [-0.15, -0.1) is 0 Å². The molecule has 0 radical (unpaired) electrons. The molecule has 0 fully saturated rings. The third-order valence-corrected chi connectivity index (χ3v) is 7.00. The lowest BCUT2D eigenvalue weighted by Crippen LogP contribution is -2.33. The lowest BCUT2D eigenvalue weighted by atomic mass is 10.1. The highest BCUT2D eigenvalue weighted by Gasteiger charge is 2.28. The van der Waals surface area contributed by atoms with Crippen LogP contribution in [0.2, 0.25) is 0 Å². The van der Waals surface area contributed by atoms with E-state index in [-0.39, 0.29) is 40.9 Å². The highest BCUT2D eigenvalue weighted by Crippen LogP contribution is 2.37. The minimum absolute atomic E-state index is 0.0336. The molecule has 7 nitrogen and oxygen atoms in total. The average molecular weight is 565 g/mol. The van der Waals surface area contributed by atoms with Crippen LogP contribution in [0, 0.1) is 5.82 Å². The molecule has 0 spiro atoms. The zero-order valence-corrected chi connectivity index (χ0v) is 22.1. The summed E-state index contributed by atoms with van der Waals surface area (Å²) in [6, 6.07) is 15.8. The van der Waals surface area contributed by atoms with Gasteiger partial charge >= 0.3 is 0 Å². The van der Waals surface area contributed by atoms with Gasteiger partial charge in [-0.3, -0.25) is 9.10 Å². The van der Waals surface area contributed by atoms with Gasteiger partial charge in [0.05, 0.1) is 44.3 Å². The maximum absolute atomic E-state index is 14.4. The average Bonchev–Trinajstić information content (AvgIpc) is 2.81. The second-order valence-corrected chi connectivity index (χ2v) is 10.7. The van der Waals surface area contributed by atoms with Crippen molar-refractivity contribution in [3.8, 4) is 11.5 Å². The van der Waals surface area contributed by atoms with Gasteiger partial charge in [-0.25, -0.2) is 12.8 Å². The lowest BCUT2D eigenvalue weighted by molar-refractivity contribution is 0.0940. The Morgan fingerprint density at radius 1 is 1.06 bits per heavy atom. The summed E-state index contributed by atoms with van der Waals surface area (Å²) in [4.78, 5) is 13.4. The molecule has 1 unspecified atom stereocenters. The number of amides is 1. The molecule has 0 bridgehead atoms. The fraction of sp³-hybridized carbons (Fsp3) is 0.240. The van der Waals surface area contributed by atoms with Gasteiger partial charge in [0.25, 0.3) is 5.91 Å². The number of benzene rings is 3. The monoisotopic (exact) mass is 564 g/mol. The second kappa shape index (κ2) is 11.1. The highest BCUT2D eigenvalue weighted by atomic mass is 79.9. The van der Waals surface area contributed by atoms with E-state index < -0.39 is 21.7 Å². The molecule has 3 rings (SSSR count). The summed E-state index contributed by atoms with van der Waals surface area (Å²) < 4.78 is 52.7. The Bertz CT molecular complexity index is 1330. The van der Waals surface area contributed by atoms with Gasteiger partial charge in [0.1, 0.15) is 5.82 Å². The van der Waals surface area contributed by atoms with Crippen LogP contribution >= 0.6 is 15.9 Å². The van der Waals surface area contributed by atoms with Crippen LogP contribution in [0.5, 0.6) is 11.5 Å². The predicted octanol–water partition coefficient (Wildman–Crippen LogP) is 5.06. The zero-order valence-electron chi connectivity index (χ0n) is 19.7. The molecule has 3 aromatic rings. The number of nitrogens with zero attached hydrogens (tertiary/aromatic N) is 1. The topological polar surface area (TPSA) is 84.9 Å². The number of nitrogens with one attached hydrogen (secondary N) is 1. The molecular formula is C25H26BrFN2O5S. The molecule has 0 saturated carbocycles. The van der Waals surface area contributed by atoms with Crippen molar-refractivity contribution in [2.24, 2.45) is 0 Å². The van der Waals surface area contributed by atoms with Gasteiger partial charge in [-0.05, 0) is 36.8 Å². The zero-order chi connectivity index (χ0) is 25.8. The number of sulfonamides is 1. The fourth-order valence-corrected chi connectivity index (χ4v) is 4.85. The number of carbonyl (C=O) groups is 1. The number of rotatable bonds is 9. The summed E-state index contributed by atoms with van der Waals surface area (Å²) in [5.74, 6) is -0.622. The Hall–Kier alpha value is -3.11. The SMILES string of the molecule is COc1cc(C(=O)NC(C)c2cccc(Br)c2)c(N(Cc2ccccc2F)S(C)(=O)=O)cc1OC. The van der Waals surface area contributed by atoms with E-state index in [0.29, 0.717) is 0 Å². The quantitative estimate of drug-likeness (QED) is 0.392. The van der Waals surface area contributed by atoms with Gasteiger partial charge in [0.15, 0.2) is 11.5 Å². The van der Waals surface area contributed by atoms with Crippen molar-refractivity contribution in [1.82, 2.24) is 5.32 Å². The molecule has 0 aliphatic rings. The van der Waals surface area contributed by atoms with E-state index in [4.69, 9.17) is 9.47 Å². The summed E-state index contributed by atoms with van der Waals surface area (Å²) in [7, 11) is -1.12. The van der Waals surface area contributed by atoms with Crippen LogP contribution in [0.25, 0.3) is 0 Å². The molecule has 1 amide bonds. The highest BCUT2D eigenvalue weighted by molar-refractivity contribution is 9.10. The number of halogens is 2. The Morgan fingerprint density at radius 2 is 1.71 bits per heavy atom. The molecule has 10 heteroatoms. The minimum atomic E-state index is -3.94. The van der Waals surface area contributed by atoms with Crippen molar-refractivity contribution in [2.45, 2.75) is 19.5 Å². The first-order chi connectivity index (χ1) is 16.5. The standard InChI is InChI=1S/C25H26BrFN2O5S/c1-16(17-9-7-10-19(26)12-17)28-25(30)20-13-23(33-2)24(34-3)14-22(20)29(35(4,31)32)15-18-8-5-6-11-21(18)27/h5-14,16H,15H2,1-4H3,(H,28,30). The van der Waals surface area contributed by atoms with Crippen LogP contribution in [0.15, 0.2) is 65.1 Å². The van der Waals surface area contributed by atoms with E-state index in [1.165, 1.54) is 44.6 Å². The largest absolute Gasteiger partial charge is 0.493 e. The smallest absolute Gasteiger partial charge is 0.254 e. The molecule has 1 N–H and O–H groups in total. The van der Waals surface area contributed by atoms with Gasteiger partial charge in [0, 0.05) is 16.1 Å². The van der Waals surface area contributed by atoms with Crippen molar-refractivity contribution in [2.75, 3.05) is 24.8 Å². The summed E-state index contributed by atoms with van der Waals surface area (Å²) in [6.45, 7) is 1.50. The van der Waals surface area contributed by atoms with Crippen molar-refractivity contribution in [3.05, 3.63) is 87.6 Å². The first-order valence-electron chi connectivity index (χ1n) is 10.6. The number of carbonyl (C=O) groups excluding carboxylic acids is 1. The van der Waals surface area contributed by atoms with Crippen LogP contribution in [0.1, 0.15) is 34.5 Å². The maximum Gasteiger partial charge on any atom is 0.254 e. The van der Waals surface area contributed by atoms with Crippen molar-refractivity contribution < 1.29 is 27.1 Å². The Kier molecular flexibility index (Phi) is 8.39. The number of anilines is 1. The molecule has 3 aromatic carbocycles. The maximum atomic E-state index is 14.4. The normalized spacial score (nSPS) is 12.1. The first kappa shape index (κ1) is 26.5. The fourth-order valence-electron chi connectivity index (χ4n) is 3.55. The Morgan fingerprint density at radius 3 is 2.31 bits per heavy atom. The van der Waals surface area contributed by atoms with Crippen LogP contribution in [0.4, 0.5) is 10.1 Å². The van der Waals surface area contributed by atoms with E-state index in [1.54, 1.807) is 6.07 Å². The minimum Gasteiger partial charge on any atom is -0.493 e. The summed E-state index contributed by atoms with van der Waals surface area (Å²) in [5.41, 5.74) is 1.07. The Balaban J connectivity index is 2.11. The van der Waals surface area contributed by atoms with Crippen molar-refractivity contribution in [3.63, 3.8) is 0 Å². The predicted molar refractivity (Wildman–Crippen MR) is 137 cm³/mol. The lowest BCUT2D eigenvalue weighted by Gasteiger charge is -2.26. The van der Waals surface area contributed by atoms with Crippen LogP contribution in [-0.2, 0) is 16.6 Å². The van der Waals surface area contributed by atoms with Gasteiger partial charge in [-0.1, -0.05) is 46.3 Å². The molecular weight excluding hydrogens is 539 g/mol. The second-order valence-electron chi connectivity index (χ2n) is 7.84. The van der Waals surface area contributed by atoms with E-state index in [0.717, 1.165) is 20.6 Å².